The van der Waals surface area contributed by atoms with Crippen LogP contribution in [0.2, 0.25) is 0 Å². The fourth-order valence-corrected chi connectivity index (χ4v) is 6.29. The van der Waals surface area contributed by atoms with Gasteiger partial charge in [-0.05, 0) is 54.7 Å². The van der Waals surface area contributed by atoms with E-state index in [1.165, 1.54) is 11.1 Å². The van der Waals surface area contributed by atoms with Crippen molar-refractivity contribution in [3.05, 3.63) is 87.9 Å². The van der Waals surface area contributed by atoms with Gasteiger partial charge >= 0.3 is 0 Å². The van der Waals surface area contributed by atoms with Gasteiger partial charge in [0.15, 0.2) is 5.72 Å². The number of hydrazone groups is 1. The molecular weight excluding hydrogens is 504 g/mol. The van der Waals surface area contributed by atoms with Gasteiger partial charge in [0.25, 0.3) is 0 Å². The van der Waals surface area contributed by atoms with Gasteiger partial charge in [-0.15, -0.1) is 0 Å². The summed E-state index contributed by atoms with van der Waals surface area (Å²) < 4.78 is 19.0. The Kier molecular flexibility index (Phi) is 5.72. The first kappa shape index (κ1) is 22.5. The van der Waals surface area contributed by atoms with Gasteiger partial charge in [0, 0.05) is 40.9 Å². The summed E-state index contributed by atoms with van der Waals surface area (Å²) in [5.74, 6) is 3.09. The Morgan fingerprint density at radius 3 is 2.51 bits per heavy atom. The molecule has 3 aliphatic rings. The number of fused-ring (bicyclic) bond motifs is 4. The molecule has 3 aromatic rings. The lowest BCUT2D eigenvalue weighted by Crippen LogP contribution is -2.55. The van der Waals surface area contributed by atoms with E-state index in [4.69, 9.17) is 19.3 Å². The first-order valence-corrected chi connectivity index (χ1v) is 13.0. The number of nitrogens with zero attached hydrogens (tertiary/aromatic N) is 2. The van der Waals surface area contributed by atoms with Gasteiger partial charge in [0.2, 0.25) is 0 Å². The van der Waals surface area contributed by atoms with Crippen LogP contribution in [0, 0.1) is 0 Å². The van der Waals surface area contributed by atoms with Crippen molar-refractivity contribution in [3.63, 3.8) is 0 Å². The Balaban J connectivity index is 1.37. The molecule has 1 aliphatic carbocycles. The standard InChI is InChI=1S/C29H29BrN2O3/c1-33-22-9-10-23(28(17-22)34-2)25-18-26-24-16-21(30)8-11-27(24)35-29(32(26)31-25)14-12-20(13-15-29)19-6-4-3-5-7-19/h3-11,16-17,20,26H,12-15,18H2,1-2H3/t20?,26-,29?/m1/s1. The first-order chi connectivity index (χ1) is 17.1. The van der Waals surface area contributed by atoms with Gasteiger partial charge in [0.05, 0.1) is 26.0 Å². The van der Waals surface area contributed by atoms with Crippen LogP contribution in [-0.4, -0.2) is 30.7 Å². The summed E-state index contributed by atoms with van der Waals surface area (Å²) in [5, 5.41) is 7.50. The number of rotatable bonds is 4. The topological polar surface area (TPSA) is 43.3 Å². The average Bonchev–Trinajstić information content (AvgIpc) is 3.36. The van der Waals surface area contributed by atoms with Crippen molar-refractivity contribution in [2.24, 2.45) is 5.10 Å². The maximum atomic E-state index is 6.84. The number of benzene rings is 3. The molecule has 5 nitrogen and oxygen atoms in total. The SMILES string of the molecule is COc1ccc(C2=NN3[C@H](C2)c2cc(Br)ccc2OC32CCC(c3ccccc3)CC2)c(OC)c1. The average molecular weight is 533 g/mol. The molecule has 35 heavy (non-hydrogen) atoms. The van der Waals surface area contributed by atoms with Gasteiger partial charge in [-0.1, -0.05) is 46.3 Å². The predicted molar refractivity (Wildman–Crippen MR) is 140 cm³/mol. The number of halogens is 1. The summed E-state index contributed by atoms with van der Waals surface area (Å²) in [6, 6.07) is 23.3. The van der Waals surface area contributed by atoms with Crippen molar-refractivity contribution in [2.75, 3.05) is 14.2 Å². The van der Waals surface area contributed by atoms with E-state index < -0.39 is 5.72 Å². The zero-order chi connectivity index (χ0) is 24.0. The first-order valence-electron chi connectivity index (χ1n) is 12.2. The van der Waals surface area contributed by atoms with Crippen LogP contribution >= 0.6 is 15.9 Å². The molecule has 0 saturated heterocycles. The summed E-state index contributed by atoms with van der Waals surface area (Å²) in [5.41, 5.74) is 4.20. The molecule has 1 fully saturated rings. The monoisotopic (exact) mass is 532 g/mol. The molecule has 6 heteroatoms. The summed E-state index contributed by atoms with van der Waals surface area (Å²) in [6.45, 7) is 0. The highest BCUT2D eigenvalue weighted by Gasteiger charge is 2.52. The second-order valence-corrected chi connectivity index (χ2v) is 10.5. The Morgan fingerprint density at radius 2 is 1.77 bits per heavy atom. The molecule has 180 valence electrons. The minimum absolute atomic E-state index is 0.131. The Bertz CT molecular complexity index is 1270. The third-order valence-corrected chi connectivity index (χ3v) is 8.21. The van der Waals surface area contributed by atoms with Crippen LogP contribution in [0.15, 0.2) is 76.3 Å². The van der Waals surface area contributed by atoms with E-state index in [-0.39, 0.29) is 6.04 Å². The second-order valence-electron chi connectivity index (χ2n) is 9.59. The van der Waals surface area contributed by atoms with E-state index in [0.717, 1.165) is 65.1 Å². The Morgan fingerprint density at radius 1 is 0.971 bits per heavy atom. The molecule has 3 aromatic carbocycles. The fourth-order valence-electron chi connectivity index (χ4n) is 5.91. The quantitative estimate of drug-likeness (QED) is 0.360. The van der Waals surface area contributed by atoms with Crippen LogP contribution in [0.3, 0.4) is 0 Å². The molecule has 0 unspecified atom stereocenters. The molecule has 0 amide bonds. The number of methoxy groups -OCH3 is 2. The summed E-state index contributed by atoms with van der Waals surface area (Å²) in [6.07, 6.45) is 4.84. The summed E-state index contributed by atoms with van der Waals surface area (Å²) >= 11 is 3.66. The summed E-state index contributed by atoms with van der Waals surface area (Å²) in [7, 11) is 3.37. The van der Waals surface area contributed by atoms with Crippen molar-refractivity contribution < 1.29 is 14.2 Å². The lowest BCUT2D eigenvalue weighted by atomic mass is 9.78. The summed E-state index contributed by atoms with van der Waals surface area (Å²) in [4.78, 5) is 0. The Labute approximate surface area is 214 Å². The fraction of sp³-hybridized carbons (Fsp3) is 0.345. The van der Waals surface area contributed by atoms with Gasteiger partial charge in [-0.3, -0.25) is 0 Å². The second kappa shape index (κ2) is 8.90. The van der Waals surface area contributed by atoms with Gasteiger partial charge < -0.3 is 14.2 Å². The van der Waals surface area contributed by atoms with Crippen LogP contribution < -0.4 is 14.2 Å². The minimum Gasteiger partial charge on any atom is -0.497 e. The van der Waals surface area contributed by atoms with E-state index in [1.54, 1.807) is 14.2 Å². The molecule has 6 rings (SSSR count). The molecule has 0 aromatic heterocycles. The van der Waals surface area contributed by atoms with Gasteiger partial charge in [-0.2, -0.15) is 5.10 Å². The van der Waals surface area contributed by atoms with E-state index in [2.05, 4.69) is 75.5 Å². The Hall–Kier alpha value is -2.99. The molecule has 1 spiro atoms. The smallest absolute Gasteiger partial charge is 0.198 e. The highest BCUT2D eigenvalue weighted by molar-refractivity contribution is 9.10. The van der Waals surface area contributed by atoms with Crippen molar-refractivity contribution in [1.82, 2.24) is 5.01 Å². The highest BCUT2D eigenvalue weighted by atomic mass is 79.9. The predicted octanol–water partition coefficient (Wildman–Crippen LogP) is 7.06. The molecule has 1 saturated carbocycles. The third-order valence-electron chi connectivity index (χ3n) is 7.72. The molecule has 0 N–H and O–H groups in total. The third kappa shape index (κ3) is 3.88. The van der Waals surface area contributed by atoms with Crippen LogP contribution in [0.5, 0.6) is 17.2 Å². The number of ether oxygens (including phenoxy) is 3. The van der Waals surface area contributed by atoms with Crippen LogP contribution in [0.1, 0.15) is 60.8 Å². The zero-order valence-electron chi connectivity index (χ0n) is 20.0. The van der Waals surface area contributed by atoms with E-state index in [9.17, 15) is 0 Å². The van der Waals surface area contributed by atoms with Crippen molar-refractivity contribution in [2.45, 2.75) is 49.8 Å². The maximum Gasteiger partial charge on any atom is 0.198 e. The molecule has 1 atom stereocenters. The number of hydrogen-bond donors (Lipinski definition) is 0. The normalized spacial score (nSPS) is 24.9. The van der Waals surface area contributed by atoms with Crippen LogP contribution in [0.25, 0.3) is 0 Å². The van der Waals surface area contributed by atoms with Crippen LogP contribution in [0.4, 0.5) is 0 Å². The lowest BCUT2D eigenvalue weighted by Gasteiger charge is -2.50. The molecule has 0 radical (unpaired) electrons. The van der Waals surface area contributed by atoms with E-state index in [1.807, 2.05) is 12.1 Å². The van der Waals surface area contributed by atoms with E-state index >= 15 is 0 Å². The van der Waals surface area contributed by atoms with Gasteiger partial charge in [0.1, 0.15) is 17.2 Å². The van der Waals surface area contributed by atoms with E-state index in [0.29, 0.717) is 5.92 Å². The van der Waals surface area contributed by atoms with Crippen molar-refractivity contribution in [1.29, 1.82) is 0 Å². The minimum atomic E-state index is -0.432. The lowest BCUT2D eigenvalue weighted by molar-refractivity contribution is -0.142. The molecular formula is C29H29BrN2O3. The molecule has 2 heterocycles. The van der Waals surface area contributed by atoms with Crippen molar-refractivity contribution >= 4 is 21.6 Å². The van der Waals surface area contributed by atoms with Crippen molar-refractivity contribution in [3.8, 4) is 17.2 Å². The maximum absolute atomic E-state index is 6.84. The largest absolute Gasteiger partial charge is 0.497 e. The van der Waals surface area contributed by atoms with Gasteiger partial charge in [-0.25, -0.2) is 5.01 Å². The molecule has 0 bridgehead atoms. The zero-order valence-corrected chi connectivity index (χ0v) is 21.6. The van der Waals surface area contributed by atoms with Crippen LogP contribution in [-0.2, 0) is 0 Å². The molecule has 2 aliphatic heterocycles. The highest BCUT2D eigenvalue weighted by Crippen LogP contribution is 2.53. The number of hydrogen-bond acceptors (Lipinski definition) is 5.